The van der Waals surface area contributed by atoms with E-state index >= 15 is 0 Å². The van der Waals surface area contributed by atoms with Gasteiger partial charge in [0.2, 0.25) is 0 Å². The van der Waals surface area contributed by atoms with Gasteiger partial charge in [-0.15, -0.1) is 0 Å². The van der Waals surface area contributed by atoms with Crippen LogP contribution in [0.1, 0.15) is 12.5 Å². The van der Waals surface area contributed by atoms with Crippen LogP contribution in [-0.2, 0) is 6.42 Å². The van der Waals surface area contributed by atoms with Gasteiger partial charge in [0.05, 0.1) is 0 Å². The van der Waals surface area contributed by atoms with Crippen molar-refractivity contribution in [1.29, 1.82) is 0 Å². The molecule has 0 heterocycles. The van der Waals surface area contributed by atoms with Gasteiger partial charge in [-0.05, 0) is 35.7 Å². The molecule has 0 saturated carbocycles. The number of rotatable bonds is 2. The average molecular weight is 236 g/mol. The lowest BCUT2D eigenvalue weighted by Gasteiger charge is -2.06. The van der Waals surface area contributed by atoms with E-state index in [2.05, 4.69) is 0 Å². The van der Waals surface area contributed by atoms with Crippen molar-refractivity contribution in [3.05, 3.63) is 59.4 Å². The largest absolute Gasteiger partial charge is 0.206 e. The normalized spacial score (nSPS) is 10.6. The third-order valence-corrected chi connectivity index (χ3v) is 2.67. The molecule has 0 nitrogen and oxygen atoms in total. The van der Waals surface area contributed by atoms with Crippen LogP contribution in [0.2, 0.25) is 0 Å². The zero-order valence-corrected chi connectivity index (χ0v) is 9.31. The first-order valence-electron chi connectivity index (χ1n) is 5.35. The van der Waals surface area contributed by atoms with Gasteiger partial charge < -0.3 is 0 Å². The molecule has 0 aliphatic carbocycles. The van der Waals surface area contributed by atoms with Crippen molar-refractivity contribution in [3.8, 4) is 11.1 Å². The quantitative estimate of drug-likeness (QED) is 0.727. The molecule has 0 unspecified atom stereocenters. The lowest BCUT2D eigenvalue weighted by atomic mass is 10.0. The molecule has 0 atom stereocenters. The summed E-state index contributed by atoms with van der Waals surface area (Å²) in [5, 5.41) is 0. The summed E-state index contributed by atoms with van der Waals surface area (Å²) in [6, 6.07) is 8.14. The van der Waals surface area contributed by atoms with Crippen molar-refractivity contribution in [2.45, 2.75) is 13.3 Å². The van der Waals surface area contributed by atoms with Crippen LogP contribution in [0.4, 0.5) is 13.2 Å². The minimum absolute atomic E-state index is 0.279. The molecule has 0 radical (unpaired) electrons. The van der Waals surface area contributed by atoms with E-state index in [0.717, 1.165) is 24.1 Å². The van der Waals surface area contributed by atoms with Crippen LogP contribution in [0.15, 0.2) is 36.4 Å². The Morgan fingerprint density at radius 3 is 2.18 bits per heavy atom. The standard InChI is InChI=1S/C14H11F3/c1-2-9-3-5-11(13(16)7-9)10-4-6-12(15)14(17)8-10/h3-8H,2H2,1H3. The lowest BCUT2D eigenvalue weighted by molar-refractivity contribution is 0.509. The van der Waals surface area contributed by atoms with Crippen LogP contribution in [0.3, 0.4) is 0 Å². The van der Waals surface area contributed by atoms with Crippen LogP contribution >= 0.6 is 0 Å². The van der Waals surface area contributed by atoms with Gasteiger partial charge >= 0.3 is 0 Å². The Balaban J connectivity index is 2.49. The van der Waals surface area contributed by atoms with E-state index in [0.29, 0.717) is 5.56 Å². The zero-order valence-electron chi connectivity index (χ0n) is 9.31. The third-order valence-electron chi connectivity index (χ3n) is 2.67. The molecule has 0 aromatic heterocycles. The maximum Gasteiger partial charge on any atom is 0.159 e. The highest BCUT2D eigenvalue weighted by atomic mass is 19.2. The first kappa shape index (κ1) is 11.7. The minimum atomic E-state index is -0.971. The van der Waals surface area contributed by atoms with E-state index in [4.69, 9.17) is 0 Å². The first-order chi connectivity index (χ1) is 8.11. The zero-order chi connectivity index (χ0) is 12.4. The fourth-order valence-corrected chi connectivity index (χ4v) is 1.68. The Morgan fingerprint density at radius 1 is 0.824 bits per heavy atom. The smallest absolute Gasteiger partial charge is 0.159 e. The second-order valence-corrected chi connectivity index (χ2v) is 3.80. The van der Waals surface area contributed by atoms with Gasteiger partial charge in [-0.1, -0.05) is 25.1 Å². The number of hydrogen-bond acceptors (Lipinski definition) is 0. The molecule has 0 bridgehead atoms. The van der Waals surface area contributed by atoms with Crippen molar-refractivity contribution in [2.24, 2.45) is 0 Å². The SMILES string of the molecule is CCc1ccc(-c2ccc(F)c(F)c2)c(F)c1. The predicted octanol–water partition coefficient (Wildman–Crippen LogP) is 4.33. The summed E-state index contributed by atoms with van der Waals surface area (Å²) >= 11 is 0. The van der Waals surface area contributed by atoms with E-state index in [1.165, 1.54) is 12.1 Å². The molecule has 0 N–H and O–H groups in total. The van der Waals surface area contributed by atoms with Gasteiger partial charge in [0.1, 0.15) is 5.82 Å². The molecule has 0 spiro atoms. The molecule has 0 saturated heterocycles. The molecule has 0 fully saturated rings. The summed E-state index contributed by atoms with van der Waals surface area (Å²) in [4.78, 5) is 0. The van der Waals surface area contributed by atoms with Gasteiger partial charge in [-0.3, -0.25) is 0 Å². The summed E-state index contributed by atoms with van der Waals surface area (Å²) < 4.78 is 39.5. The Morgan fingerprint density at radius 2 is 1.59 bits per heavy atom. The second kappa shape index (κ2) is 4.62. The fraction of sp³-hybridized carbons (Fsp3) is 0.143. The number of halogens is 3. The molecule has 3 heteroatoms. The molecule has 0 amide bonds. The van der Waals surface area contributed by atoms with Gasteiger partial charge in [0, 0.05) is 5.56 Å². The second-order valence-electron chi connectivity index (χ2n) is 3.80. The molecule has 2 aromatic carbocycles. The summed E-state index contributed by atoms with van der Waals surface area (Å²) in [6.45, 7) is 1.92. The number of benzene rings is 2. The summed E-state index contributed by atoms with van der Waals surface area (Å²) in [7, 11) is 0. The van der Waals surface area contributed by atoms with E-state index in [1.54, 1.807) is 12.1 Å². The van der Waals surface area contributed by atoms with Crippen LogP contribution in [-0.4, -0.2) is 0 Å². The van der Waals surface area contributed by atoms with Crippen LogP contribution < -0.4 is 0 Å². The fourth-order valence-electron chi connectivity index (χ4n) is 1.68. The van der Waals surface area contributed by atoms with E-state index in [1.807, 2.05) is 6.92 Å². The predicted molar refractivity (Wildman–Crippen MR) is 61.1 cm³/mol. The van der Waals surface area contributed by atoms with Gasteiger partial charge in [-0.25, -0.2) is 13.2 Å². The first-order valence-corrected chi connectivity index (χ1v) is 5.35. The van der Waals surface area contributed by atoms with Crippen molar-refractivity contribution in [2.75, 3.05) is 0 Å². The van der Waals surface area contributed by atoms with Crippen LogP contribution in [0.5, 0.6) is 0 Å². The van der Waals surface area contributed by atoms with Crippen LogP contribution in [0, 0.1) is 17.5 Å². The molecule has 0 aliphatic heterocycles. The average Bonchev–Trinajstić information content (AvgIpc) is 2.32. The summed E-state index contributed by atoms with van der Waals surface area (Å²) in [6.07, 6.45) is 0.731. The number of hydrogen-bond donors (Lipinski definition) is 0. The number of aryl methyl sites for hydroxylation is 1. The Bertz CT molecular complexity index is 547. The monoisotopic (exact) mass is 236 g/mol. The highest BCUT2D eigenvalue weighted by Gasteiger charge is 2.08. The van der Waals surface area contributed by atoms with Gasteiger partial charge in [0.25, 0.3) is 0 Å². The van der Waals surface area contributed by atoms with Crippen molar-refractivity contribution in [1.82, 2.24) is 0 Å². The molecule has 2 rings (SSSR count). The molecular formula is C14H11F3. The molecule has 2 aromatic rings. The van der Waals surface area contributed by atoms with E-state index in [-0.39, 0.29) is 5.56 Å². The topological polar surface area (TPSA) is 0 Å². The Hall–Kier alpha value is -1.77. The van der Waals surface area contributed by atoms with Gasteiger partial charge in [-0.2, -0.15) is 0 Å². The van der Waals surface area contributed by atoms with E-state index in [9.17, 15) is 13.2 Å². The van der Waals surface area contributed by atoms with Crippen molar-refractivity contribution in [3.63, 3.8) is 0 Å². The minimum Gasteiger partial charge on any atom is -0.206 e. The maximum absolute atomic E-state index is 13.7. The Kier molecular flexibility index (Phi) is 3.18. The highest BCUT2D eigenvalue weighted by molar-refractivity contribution is 5.64. The summed E-state index contributed by atoms with van der Waals surface area (Å²) in [5.41, 5.74) is 1.49. The lowest BCUT2D eigenvalue weighted by Crippen LogP contribution is -1.90. The van der Waals surface area contributed by atoms with Crippen LogP contribution in [0.25, 0.3) is 11.1 Å². The Labute approximate surface area is 97.7 Å². The molecule has 88 valence electrons. The highest BCUT2D eigenvalue weighted by Crippen LogP contribution is 2.25. The van der Waals surface area contributed by atoms with Crippen molar-refractivity contribution >= 4 is 0 Å². The van der Waals surface area contributed by atoms with Gasteiger partial charge in [0.15, 0.2) is 11.6 Å². The van der Waals surface area contributed by atoms with Crippen molar-refractivity contribution < 1.29 is 13.2 Å². The third kappa shape index (κ3) is 2.33. The van der Waals surface area contributed by atoms with E-state index < -0.39 is 17.5 Å². The molecule has 17 heavy (non-hydrogen) atoms. The molecular weight excluding hydrogens is 225 g/mol. The molecule has 0 aliphatic rings. The maximum atomic E-state index is 13.7. The summed E-state index contributed by atoms with van der Waals surface area (Å²) in [5.74, 6) is -2.32.